The van der Waals surface area contributed by atoms with Crippen LogP contribution in [0, 0.1) is 0 Å². The predicted molar refractivity (Wildman–Crippen MR) is 127 cm³/mol. The summed E-state index contributed by atoms with van der Waals surface area (Å²) in [6.45, 7) is 3.89. The normalized spacial score (nSPS) is 21.1. The maximum Gasteiger partial charge on any atom is 0.315 e. The first-order valence-electron chi connectivity index (χ1n) is 11.9. The number of thioether (sulfide) groups is 1. The summed E-state index contributed by atoms with van der Waals surface area (Å²) in [5.74, 6) is 5.70. The van der Waals surface area contributed by atoms with Gasteiger partial charge in [0.05, 0.1) is 71.4 Å². The largest absolute Gasteiger partial charge is 0.379 e. The number of hydrazine groups is 1. The van der Waals surface area contributed by atoms with Gasteiger partial charge in [0.15, 0.2) is 0 Å². The Bertz CT molecular complexity index is 616. The Morgan fingerprint density at radius 3 is 2.21 bits per heavy atom. The molecule has 2 rings (SSSR count). The van der Waals surface area contributed by atoms with Crippen LogP contribution in [0.25, 0.3) is 0 Å². The summed E-state index contributed by atoms with van der Waals surface area (Å²) >= 11 is 1.90. The van der Waals surface area contributed by atoms with Gasteiger partial charge >= 0.3 is 6.03 Å². The molecule has 0 aromatic carbocycles. The van der Waals surface area contributed by atoms with Crippen molar-refractivity contribution in [2.75, 3.05) is 65.2 Å². The number of hydrogen-bond acceptors (Lipinski definition) is 9. The lowest BCUT2D eigenvalue weighted by atomic mass is 10.0. The third-order valence-corrected chi connectivity index (χ3v) is 6.91. The highest BCUT2D eigenvalue weighted by Crippen LogP contribution is 2.33. The monoisotopic (exact) mass is 505 g/mol. The van der Waals surface area contributed by atoms with Crippen molar-refractivity contribution in [2.24, 2.45) is 5.84 Å². The van der Waals surface area contributed by atoms with Crippen LogP contribution in [0.15, 0.2) is 0 Å². The zero-order chi connectivity index (χ0) is 24.4. The number of ether oxygens (including phenoxy) is 4. The molecule has 0 aromatic rings. The Balaban J connectivity index is 1.27. The number of rotatable bonds is 20. The van der Waals surface area contributed by atoms with E-state index in [2.05, 4.69) is 16.0 Å². The number of nitrogens with one attached hydrogen (secondary N) is 4. The van der Waals surface area contributed by atoms with Gasteiger partial charge in [-0.15, -0.1) is 0 Å². The minimum absolute atomic E-state index is 0.0383. The van der Waals surface area contributed by atoms with Gasteiger partial charge in [-0.25, -0.2) is 10.6 Å². The number of nitrogens with two attached hydrogens (primary N) is 1. The second-order valence-corrected chi connectivity index (χ2v) is 9.26. The van der Waals surface area contributed by atoms with Gasteiger partial charge in [-0.3, -0.25) is 15.0 Å². The highest BCUT2D eigenvalue weighted by Gasteiger charge is 2.42. The third-order valence-electron chi connectivity index (χ3n) is 5.40. The van der Waals surface area contributed by atoms with Crippen LogP contribution < -0.4 is 27.2 Å². The van der Waals surface area contributed by atoms with Crippen molar-refractivity contribution in [1.29, 1.82) is 0 Å². The zero-order valence-electron chi connectivity index (χ0n) is 19.7. The number of fused-ring (bicyclic) bond motifs is 1. The fourth-order valence-electron chi connectivity index (χ4n) is 3.62. The molecular formula is C21H39N5O7S. The number of hydrogen-bond donors (Lipinski definition) is 5. The Hall–Kier alpha value is -1.64. The van der Waals surface area contributed by atoms with Gasteiger partial charge in [0.25, 0.3) is 0 Å². The standard InChI is InChI=1S/C21H39N5O7S/c22-26-19(28)5-7-30-9-11-32-13-14-33-12-10-31-8-6-23-18(27)4-2-1-3-17-20-16(15-34-17)24-21(29)25-20/h16-17,20H,1-15,22H2,(H,23,27)(H,26,28)(H2,24,25,29)/t16-,17+,20-/m1/s1. The summed E-state index contributed by atoms with van der Waals surface area (Å²) in [6, 6.07) is 0.413. The van der Waals surface area contributed by atoms with Crippen molar-refractivity contribution in [3.05, 3.63) is 0 Å². The molecule has 0 saturated carbocycles. The number of carbonyl (C=O) groups is 3. The highest BCUT2D eigenvalue weighted by molar-refractivity contribution is 8.00. The van der Waals surface area contributed by atoms with E-state index in [9.17, 15) is 14.4 Å². The van der Waals surface area contributed by atoms with Crippen LogP contribution in [0.4, 0.5) is 4.79 Å². The van der Waals surface area contributed by atoms with Gasteiger partial charge in [-0.05, 0) is 12.8 Å². The van der Waals surface area contributed by atoms with E-state index in [1.54, 1.807) is 0 Å². The molecule has 34 heavy (non-hydrogen) atoms. The topological polar surface area (TPSA) is 162 Å². The number of unbranched alkanes of at least 4 members (excludes halogenated alkanes) is 1. The highest BCUT2D eigenvalue weighted by atomic mass is 32.2. The molecule has 0 radical (unpaired) electrons. The summed E-state index contributed by atoms with van der Waals surface area (Å²) < 4.78 is 21.4. The molecule has 0 bridgehead atoms. The van der Waals surface area contributed by atoms with Crippen LogP contribution in [0.1, 0.15) is 32.1 Å². The molecule has 196 valence electrons. The molecule has 0 spiro atoms. The lowest BCUT2D eigenvalue weighted by Gasteiger charge is -2.16. The molecule has 13 heteroatoms. The third kappa shape index (κ3) is 12.2. The second-order valence-electron chi connectivity index (χ2n) is 7.98. The van der Waals surface area contributed by atoms with E-state index in [0.29, 0.717) is 71.1 Å². The lowest BCUT2D eigenvalue weighted by molar-refractivity contribution is -0.122. The molecule has 3 atom stereocenters. The number of amides is 4. The fourth-order valence-corrected chi connectivity index (χ4v) is 5.17. The van der Waals surface area contributed by atoms with Gasteiger partial charge in [-0.2, -0.15) is 11.8 Å². The van der Waals surface area contributed by atoms with E-state index >= 15 is 0 Å². The van der Waals surface area contributed by atoms with Gasteiger partial charge in [0.2, 0.25) is 11.8 Å². The van der Waals surface area contributed by atoms with Crippen molar-refractivity contribution < 1.29 is 33.3 Å². The smallest absolute Gasteiger partial charge is 0.315 e. The molecule has 2 aliphatic rings. The molecule has 2 fully saturated rings. The summed E-state index contributed by atoms with van der Waals surface area (Å²) in [4.78, 5) is 34.2. The van der Waals surface area contributed by atoms with E-state index < -0.39 is 0 Å². The van der Waals surface area contributed by atoms with Crippen LogP contribution in [0.5, 0.6) is 0 Å². The van der Waals surface area contributed by atoms with Crippen LogP contribution >= 0.6 is 11.8 Å². The molecule has 2 saturated heterocycles. The number of carbonyl (C=O) groups excluding carboxylic acids is 3. The molecule has 0 unspecified atom stereocenters. The molecule has 2 aliphatic heterocycles. The predicted octanol–water partition coefficient (Wildman–Crippen LogP) is -0.725. The van der Waals surface area contributed by atoms with Crippen LogP contribution in [0.2, 0.25) is 0 Å². The van der Waals surface area contributed by atoms with Gasteiger partial charge < -0.3 is 34.9 Å². The average molecular weight is 506 g/mol. The van der Waals surface area contributed by atoms with Crippen LogP contribution in [0.3, 0.4) is 0 Å². The Morgan fingerprint density at radius 2 is 1.53 bits per heavy atom. The molecule has 0 aliphatic carbocycles. The molecule has 12 nitrogen and oxygen atoms in total. The van der Waals surface area contributed by atoms with E-state index in [0.717, 1.165) is 25.0 Å². The van der Waals surface area contributed by atoms with Gasteiger partial charge in [-0.1, -0.05) is 6.42 Å². The fraction of sp³-hybridized carbons (Fsp3) is 0.857. The first-order chi connectivity index (χ1) is 16.6. The lowest BCUT2D eigenvalue weighted by Crippen LogP contribution is -2.36. The van der Waals surface area contributed by atoms with E-state index in [1.807, 2.05) is 17.2 Å². The van der Waals surface area contributed by atoms with Crippen LogP contribution in [-0.2, 0) is 28.5 Å². The minimum atomic E-state index is -0.262. The van der Waals surface area contributed by atoms with Gasteiger partial charge in [0.1, 0.15) is 0 Å². The molecule has 6 N–H and O–H groups in total. The van der Waals surface area contributed by atoms with E-state index in [4.69, 9.17) is 24.8 Å². The molecular weight excluding hydrogens is 466 g/mol. The zero-order valence-corrected chi connectivity index (χ0v) is 20.5. The van der Waals surface area contributed by atoms with Crippen molar-refractivity contribution in [3.63, 3.8) is 0 Å². The van der Waals surface area contributed by atoms with Crippen LogP contribution in [-0.4, -0.2) is 100 Å². The molecule has 2 heterocycles. The quantitative estimate of drug-likeness (QED) is 0.0472. The summed E-state index contributed by atoms with van der Waals surface area (Å²) in [5, 5.41) is 9.24. The SMILES string of the molecule is NNC(=O)CCOCCOCCOCCOCCNC(=O)CCCC[C@@H]1SC[C@H]2NC(=O)N[C@@H]12. The number of urea groups is 1. The summed E-state index contributed by atoms with van der Waals surface area (Å²) in [5.41, 5.74) is 2.03. The maximum atomic E-state index is 11.9. The van der Waals surface area contributed by atoms with E-state index in [-0.39, 0.29) is 36.3 Å². The van der Waals surface area contributed by atoms with E-state index in [1.165, 1.54) is 0 Å². The second kappa shape index (κ2) is 17.7. The van der Waals surface area contributed by atoms with Crippen molar-refractivity contribution in [2.45, 2.75) is 49.4 Å². The Morgan fingerprint density at radius 1 is 0.882 bits per heavy atom. The summed E-state index contributed by atoms with van der Waals surface area (Å²) in [6.07, 6.45) is 3.56. The van der Waals surface area contributed by atoms with Crippen molar-refractivity contribution in [3.8, 4) is 0 Å². The first-order valence-corrected chi connectivity index (χ1v) is 12.9. The van der Waals surface area contributed by atoms with Crippen molar-refractivity contribution in [1.82, 2.24) is 21.4 Å². The van der Waals surface area contributed by atoms with Gasteiger partial charge in [0, 0.05) is 24.0 Å². The molecule has 0 aromatic heterocycles. The average Bonchev–Trinajstić information content (AvgIpc) is 3.38. The summed E-state index contributed by atoms with van der Waals surface area (Å²) in [7, 11) is 0. The maximum absolute atomic E-state index is 11.9. The van der Waals surface area contributed by atoms with Crippen molar-refractivity contribution >= 4 is 29.6 Å². The Labute approximate surface area is 205 Å². The minimum Gasteiger partial charge on any atom is -0.379 e. The first kappa shape index (κ1) is 28.6. The Kier molecular flexibility index (Phi) is 14.9. The molecule has 4 amide bonds.